The van der Waals surface area contributed by atoms with Gasteiger partial charge in [0.1, 0.15) is 5.71 Å². The summed E-state index contributed by atoms with van der Waals surface area (Å²) in [5.74, 6) is 0.707. The van der Waals surface area contributed by atoms with Crippen molar-refractivity contribution < 1.29 is 14.0 Å². The van der Waals surface area contributed by atoms with Crippen LogP contribution >= 0.6 is 0 Å². The molecule has 1 saturated carbocycles. The molecule has 8 nitrogen and oxygen atoms in total. The van der Waals surface area contributed by atoms with Crippen LogP contribution in [-0.2, 0) is 4.79 Å². The Balaban J connectivity index is 1.41. The minimum Gasteiger partial charge on any atom is -0.431 e. The number of hydrogen-bond donors (Lipinski definition) is 2. The number of rotatable bonds is 9. The van der Waals surface area contributed by atoms with E-state index in [1.165, 1.54) is 19.0 Å². The van der Waals surface area contributed by atoms with Gasteiger partial charge in [-0.2, -0.15) is 5.10 Å². The summed E-state index contributed by atoms with van der Waals surface area (Å²) in [5, 5.41) is 14.3. The average molecular weight is 436 g/mol. The van der Waals surface area contributed by atoms with Crippen molar-refractivity contribution >= 4 is 23.2 Å². The quantitative estimate of drug-likeness (QED) is 0.625. The zero-order chi connectivity index (χ0) is 22.7. The van der Waals surface area contributed by atoms with Crippen LogP contribution < -0.4 is 10.6 Å². The molecule has 0 radical (unpaired) electrons. The molecular formula is C24H29N5O3. The molecule has 0 saturated heterocycles. The third kappa shape index (κ3) is 4.95. The highest BCUT2D eigenvalue weighted by Gasteiger charge is 2.31. The fourth-order valence-electron chi connectivity index (χ4n) is 3.73. The van der Waals surface area contributed by atoms with Crippen LogP contribution in [0.25, 0.3) is 11.5 Å². The van der Waals surface area contributed by atoms with E-state index < -0.39 is 0 Å². The first-order valence-electron chi connectivity index (χ1n) is 11.3. The first kappa shape index (κ1) is 21.9. The van der Waals surface area contributed by atoms with Gasteiger partial charge in [0.05, 0.1) is 11.9 Å². The normalized spacial score (nSPS) is 16.5. The second kappa shape index (κ2) is 9.46. The predicted molar refractivity (Wildman–Crippen MR) is 123 cm³/mol. The van der Waals surface area contributed by atoms with E-state index in [1.807, 2.05) is 45.0 Å². The summed E-state index contributed by atoms with van der Waals surface area (Å²) >= 11 is 0. The van der Waals surface area contributed by atoms with Gasteiger partial charge < -0.3 is 15.1 Å². The smallest absolute Gasteiger partial charge is 0.288 e. The lowest BCUT2D eigenvalue weighted by atomic mass is 10.0. The van der Waals surface area contributed by atoms with E-state index in [0.29, 0.717) is 29.7 Å². The van der Waals surface area contributed by atoms with E-state index in [-0.39, 0.29) is 29.7 Å². The van der Waals surface area contributed by atoms with Crippen LogP contribution in [0.1, 0.15) is 69.0 Å². The fraction of sp³-hybridized carbons (Fsp3) is 0.458. The van der Waals surface area contributed by atoms with Gasteiger partial charge in [0.25, 0.3) is 11.8 Å². The Hall–Kier alpha value is -3.29. The molecule has 2 heterocycles. The van der Waals surface area contributed by atoms with E-state index in [1.54, 1.807) is 0 Å². The molecule has 168 valence electrons. The number of carbonyl (C=O) groups is 2. The van der Waals surface area contributed by atoms with Crippen molar-refractivity contribution in [3.8, 4) is 11.5 Å². The second-order valence-electron chi connectivity index (χ2n) is 8.47. The van der Waals surface area contributed by atoms with Crippen molar-refractivity contribution in [1.29, 1.82) is 0 Å². The Kier molecular flexibility index (Phi) is 6.48. The highest BCUT2D eigenvalue weighted by Crippen LogP contribution is 2.32. The fourth-order valence-corrected chi connectivity index (χ4v) is 3.73. The Morgan fingerprint density at radius 3 is 2.56 bits per heavy atom. The summed E-state index contributed by atoms with van der Waals surface area (Å²) in [6, 6.07) is 7.80. The third-order valence-corrected chi connectivity index (χ3v) is 6.07. The molecule has 2 amide bonds. The van der Waals surface area contributed by atoms with Crippen LogP contribution in [0.5, 0.6) is 0 Å². The Morgan fingerprint density at radius 1 is 1.09 bits per heavy atom. The maximum atomic E-state index is 12.5. The number of benzene rings is 1. The van der Waals surface area contributed by atoms with Crippen LogP contribution in [0.2, 0.25) is 0 Å². The molecule has 0 bridgehead atoms. The Morgan fingerprint density at radius 2 is 1.84 bits per heavy atom. The SMILES string of the molecule is CCC(CC)NC(=O)c1cnc(-c2cccc(C3=NN=C(C(=O)N[C@@H](C)C4CC4)C3)c2)o1. The predicted octanol–water partition coefficient (Wildman–Crippen LogP) is 3.72. The molecule has 2 aromatic rings. The van der Waals surface area contributed by atoms with Crippen LogP contribution in [0.4, 0.5) is 0 Å². The van der Waals surface area contributed by atoms with Crippen LogP contribution in [-0.4, -0.2) is 40.3 Å². The van der Waals surface area contributed by atoms with Gasteiger partial charge in [0, 0.05) is 24.1 Å². The number of aromatic nitrogens is 1. The lowest BCUT2D eigenvalue weighted by Crippen LogP contribution is -2.38. The second-order valence-corrected chi connectivity index (χ2v) is 8.47. The lowest BCUT2D eigenvalue weighted by molar-refractivity contribution is -0.115. The Labute approximate surface area is 187 Å². The van der Waals surface area contributed by atoms with Crippen molar-refractivity contribution in [1.82, 2.24) is 15.6 Å². The number of nitrogens with zero attached hydrogens (tertiary/aromatic N) is 3. The molecule has 8 heteroatoms. The Bertz CT molecular complexity index is 1060. The molecule has 1 aromatic carbocycles. The van der Waals surface area contributed by atoms with Gasteiger partial charge in [-0.15, -0.1) is 5.10 Å². The third-order valence-electron chi connectivity index (χ3n) is 6.07. The minimum atomic E-state index is -0.266. The highest BCUT2D eigenvalue weighted by atomic mass is 16.4. The van der Waals surface area contributed by atoms with E-state index in [2.05, 4.69) is 25.8 Å². The average Bonchev–Trinajstić information content (AvgIpc) is 3.33. The monoisotopic (exact) mass is 435 g/mol. The van der Waals surface area contributed by atoms with E-state index >= 15 is 0 Å². The lowest BCUT2D eigenvalue weighted by Gasteiger charge is -2.12. The van der Waals surface area contributed by atoms with Gasteiger partial charge in [-0.25, -0.2) is 4.98 Å². The van der Waals surface area contributed by atoms with Gasteiger partial charge in [-0.3, -0.25) is 9.59 Å². The van der Waals surface area contributed by atoms with Crippen molar-refractivity contribution in [3.63, 3.8) is 0 Å². The maximum absolute atomic E-state index is 12.5. The first-order chi connectivity index (χ1) is 15.5. The van der Waals surface area contributed by atoms with Crippen LogP contribution in [0, 0.1) is 5.92 Å². The molecule has 1 aromatic heterocycles. The van der Waals surface area contributed by atoms with Crippen molar-refractivity contribution in [2.75, 3.05) is 0 Å². The summed E-state index contributed by atoms with van der Waals surface area (Å²) in [7, 11) is 0. The number of carbonyl (C=O) groups excluding carboxylic acids is 2. The summed E-state index contributed by atoms with van der Waals surface area (Å²) in [4.78, 5) is 29.1. The van der Waals surface area contributed by atoms with Crippen LogP contribution in [0.15, 0.2) is 45.1 Å². The van der Waals surface area contributed by atoms with Gasteiger partial charge in [0.15, 0.2) is 0 Å². The van der Waals surface area contributed by atoms with Gasteiger partial charge in [0.2, 0.25) is 11.7 Å². The largest absolute Gasteiger partial charge is 0.431 e. The zero-order valence-electron chi connectivity index (χ0n) is 18.7. The number of nitrogens with one attached hydrogen (secondary N) is 2. The van der Waals surface area contributed by atoms with E-state index in [0.717, 1.165) is 24.0 Å². The first-order valence-corrected chi connectivity index (χ1v) is 11.3. The molecule has 2 aliphatic rings. The zero-order valence-corrected chi connectivity index (χ0v) is 18.7. The number of amides is 2. The van der Waals surface area contributed by atoms with Crippen molar-refractivity contribution in [2.45, 2.75) is 65.0 Å². The highest BCUT2D eigenvalue weighted by molar-refractivity contribution is 6.44. The van der Waals surface area contributed by atoms with E-state index in [9.17, 15) is 9.59 Å². The van der Waals surface area contributed by atoms with Crippen LogP contribution in [0.3, 0.4) is 0 Å². The van der Waals surface area contributed by atoms with Crippen molar-refractivity contribution in [2.24, 2.45) is 16.1 Å². The molecule has 1 atom stereocenters. The molecule has 4 rings (SSSR count). The number of oxazole rings is 1. The van der Waals surface area contributed by atoms with Gasteiger partial charge in [-0.05, 0) is 56.2 Å². The molecule has 2 N–H and O–H groups in total. The van der Waals surface area contributed by atoms with Crippen molar-refractivity contribution in [3.05, 3.63) is 41.8 Å². The standard InChI is InChI=1S/C24H29N5O3/c1-4-18(5-2)27-23(31)21-13-25-24(32-21)17-8-6-7-16(11-17)19-12-20(29-28-19)22(30)26-14(3)15-9-10-15/h6-8,11,13-15,18H,4-5,9-10,12H2,1-3H3,(H,26,30)(H,27,31)/t14-/m0/s1. The van der Waals surface area contributed by atoms with Gasteiger partial charge in [-0.1, -0.05) is 26.0 Å². The molecule has 1 aliphatic heterocycles. The summed E-state index contributed by atoms with van der Waals surface area (Å²) in [6.07, 6.45) is 5.87. The molecule has 1 fully saturated rings. The van der Waals surface area contributed by atoms with Gasteiger partial charge >= 0.3 is 0 Å². The molecule has 1 aliphatic carbocycles. The molecule has 0 unspecified atom stereocenters. The molecule has 0 spiro atoms. The van der Waals surface area contributed by atoms with E-state index in [4.69, 9.17) is 4.42 Å². The maximum Gasteiger partial charge on any atom is 0.288 e. The molecule has 32 heavy (non-hydrogen) atoms. The topological polar surface area (TPSA) is 109 Å². The molecular weight excluding hydrogens is 406 g/mol. The number of hydrogen-bond acceptors (Lipinski definition) is 6. The summed E-state index contributed by atoms with van der Waals surface area (Å²) < 4.78 is 5.71. The summed E-state index contributed by atoms with van der Waals surface area (Å²) in [5.41, 5.74) is 2.71. The minimum absolute atomic E-state index is 0.110. The summed E-state index contributed by atoms with van der Waals surface area (Å²) in [6.45, 7) is 6.10.